The molecule has 4 heteroatoms. The van der Waals surface area contributed by atoms with Gasteiger partial charge in [-0.1, -0.05) is 6.92 Å². The summed E-state index contributed by atoms with van der Waals surface area (Å²) in [7, 11) is 0. The molecule has 0 radical (unpaired) electrons. The molecule has 86 valence electrons. The molecule has 0 saturated carbocycles. The van der Waals surface area contributed by atoms with Crippen LogP contribution in [-0.2, 0) is 6.54 Å². The number of aromatic amines is 1. The first-order chi connectivity index (χ1) is 7.34. The second kappa shape index (κ2) is 7.43. The van der Waals surface area contributed by atoms with Crippen LogP contribution < -0.4 is 10.6 Å². The maximum atomic E-state index is 3.98. The fraction of sp³-hybridized carbons (Fsp3) is 0.727. The standard InChI is InChI=1S/C11H22N4/c1-3-5-12-6-4-7-13-8-11-9-14-15-10(11)2/h9,12-13H,3-8H2,1-2H3,(H,14,15). The molecule has 0 unspecified atom stereocenters. The molecule has 0 aliphatic rings. The van der Waals surface area contributed by atoms with Crippen molar-refractivity contribution in [2.75, 3.05) is 19.6 Å². The predicted molar refractivity (Wildman–Crippen MR) is 62.8 cm³/mol. The van der Waals surface area contributed by atoms with Crippen LogP contribution >= 0.6 is 0 Å². The fourth-order valence-corrected chi connectivity index (χ4v) is 1.42. The molecule has 1 aromatic rings. The van der Waals surface area contributed by atoms with E-state index in [1.807, 2.05) is 13.1 Å². The lowest BCUT2D eigenvalue weighted by Crippen LogP contribution is -2.22. The first-order valence-corrected chi connectivity index (χ1v) is 5.75. The summed E-state index contributed by atoms with van der Waals surface area (Å²) in [6, 6.07) is 0. The van der Waals surface area contributed by atoms with Crippen LogP contribution in [0.1, 0.15) is 31.0 Å². The Bertz CT molecular complexity index is 257. The number of nitrogens with zero attached hydrogens (tertiary/aromatic N) is 1. The van der Waals surface area contributed by atoms with Gasteiger partial charge in [0.05, 0.1) is 6.20 Å². The highest BCUT2D eigenvalue weighted by Crippen LogP contribution is 2.00. The maximum absolute atomic E-state index is 3.98. The lowest BCUT2D eigenvalue weighted by atomic mass is 10.2. The Balaban J connectivity index is 1.96. The van der Waals surface area contributed by atoms with Crippen molar-refractivity contribution in [3.8, 4) is 0 Å². The van der Waals surface area contributed by atoms with Gasteiger partial charge in [-0.05, 0) is 39.4 Å². The maximum Gasteiger partial charge on any atom is 0.0535 e. The van der Waals surface area contributed by atoms with Crippen molar-refractivity contribution in [2.24, 2.45) is 0 Å². The van der Waals surface area contributed by atoms with Crippen LogP contribution in [0, 0.1) is 6.92 Å². The summed E-state index contributed by atoms with van der Waals surface area (Å²) in [5.41, 5.74) is 2.42. The highest BCUT2D eigenvalue weighted by atomic mass is 15.1. The van der Waals surface area contributed by atoms with Crippen molar-refractivity contribution in [3.05, 3.63) is 17.5 Å². The minimum Gasteiger partial charge on any atom is -0.317 e. The van der Waals surface area contributed by atoms with Crippen molar-refractivity contribution in [3.63, 3.8) is 0 Å². The van der Waals surface area contributed by atoms with E-state index in [0.717, 1.165) is 31.9 Å². The molecule has 0 bridgehead atoms. The van der Waals surface area contributed by atoms with E-state index in [0.29, 0.717) is 0 Å². The SMILES string of the molecule is CCCNCCCNCc1cn[nH]c1C. The van der Waals surface area contributed by atoms with Crippen LogP contribution in [0.5, 0.6) is 0 Å². The van der Waals surface area contributed by atoms with Crippen LogP contribution in [0.3, 0.4) is 0 Å². The van der Waals surface area contributed by atoms with Crippen molar-refractivity contribution < 1.29 is 0 Å². The molecule has 0 aromatic carbocycles. The van der Waals surface area contributed by atoms with Gasteiger partial charge in [0.15, 0.2) is 0 Å². The van der Waals surface area contributed by atoms with Crippen LogP contribution in [0.15, 0.2) is 6.20 Å². The zero-order valence-electron chi connectivity index (χ0n) is 9.77. The molecule has 0 fully saturated rings. The molecule has 0 saturated heterocycles. The van der Waals surface area contributed by atoms with E-state index in [9.17, 15) is 0 Å². The molecular formula is C11H22N4. The second-order valence-corrected chi connectivity index (χ2v) is 3.80. The first-order valence-electron chi connectivity index (χ1n) is 5.75. The highest BCUT2D eigenvalue weighted by Gasteiger charge is 1.98. The van der Waals surface area contributed by atoms with E-state index in [2.05, 4.69) is 27.8 Å². The smallest absolute Gasteiger partial charge is 0.0535 e. The summed E-state index contributed by atoms with van der Waals surface area (Å²) in [5.74, 6) is 0. The van der Waals surface area contributed by atoms with Gasteiger partial charge in [0.25, 0.3) is 0 Å². The third kappa shape index (κ3) is 4.95. The minimum atomic E-state index is 0.913. The van der Waals surface area contributed by atoms with Crippen LogP contribution in [-0.4, -0.2) is 29.8 Å². The molecule has 4 nitrogen and oxygen atoms in total. The van der Waals surface area contributed by atoms with Gasteiger partial charge >= 0.3 is 0 Å². The fourth-order valence-electron chi connectivity index (χ4n) is 1.42. The van der Waals surface area contributed by atoms with Gasteiger partial charge in [-0.2, -0.15) is 5.10 Å². The van der Waals surface area contributed by atoms with Crippen molar-refractivity contribution in [1.82, 2.24) is 20.8 Å². The van der Waals surface area contributed by atoms with Crippen molar-refractivity contribution in [2.45, 2.75) is 33.2 Å². The Morgan fingerprint density at radius 2 is 2.07 bits per heavy atom. The zero-order chi connectivity index (χ0) is 10.9. The van der Waals surface area contributed by atoms with Gasteiger partial charge in [-0.15, -0.1) is 0 Å². The van der Waals surface area contributed by atoms with Gasteiger partial charge in [0.1, 0.15) is 0 Å². The average molecular weight is 210 g/mol. The van der Waals surface area contributed by atoms with Crippen LogP contribution in [0.25, 0.3) is 0 Å². The number of hydrogen-bond acceptors (Lipinski definition) is 3. The predicted octanol–water partition coefficient (Wildman–Crippen LogP) is 1.20. The Morgan fingerprint density at radius 3 is 2.73 bits per heavy atom. The molecule has 15 heavy (non-hydrogen) atoms. The van der Waals surface area contributed by atoms with Gasteiger partial charge in [0.2, 0.25) is 0 Å². The number of aromatic nitrogens is 2. The summed E-state index contributed by atoms with van der Waals surface area (Å²) < 4.78 is 0. The summed E-state index contributed by atoms with van der Waals surface area (Å²) in [6.07, 6.45) is 4.27. The van der Waals surface area contributed by atoms with Gasteiger partial charge in [0, 0.05) is 17.8 Å². The molecule has 3 N–H and O–H groups in total. The van der Waals surface area contributed by atoms with Gasteiger partial charge in [-0.25, -0.2) is 0 Å². The van der Waals surface area contributed by atoms with Crippen LogP contribution in [0.4, 0.5) is 0 Å². The first kappa shape index (κ1) is 12.2. The lowest BCUT2D eigenvalue weighted by molar-refractivity contribution is 0.591. The number of aryl methyl sites for hydroxylation is 1. The molecule has 0 amide bonds. The summed E-state index contributed by atoms with van der Waals surface area (Å²) >= 11 is 0. The van der Waals surface area contributed by atoms with E-state index in [1.165, 1.54) is 18.4 Å². The van der Waals surface area contributed by atoms with Crippen molar-refractivity contribution in [1.29, 1.82) is 0 Å². The molecule has 1 heterocycles. The minimum absolute atomic E-state index is 0.913. The monoisotopic (exact) mass is 210 g/mol. The summed E-state index contributed by atoms with van der Waals surface area (Å²) in [6.45, 7) is 8.43. The Hall–Kier alpha value is -0.870. The zero-order valence-corrected chi connectivity index (χ0v) is 9.77. The molecule has 0 aliphatic heterocycles. The van der Waals surface area contributed by atoms with Gasteiger partial charge < -0.3 is 10.6 Å². The molecule has 0 aliphatic carbocycles. The van der Waals surface area contributed by atoms with Gasteiger partial charge in [-0.3, -0.25) is 5.10 Å². The van der Waals surface area contributed by atoms with E-state index in [4.69, 9.17) is 0 Å². The number of H-pyrrole nitrogens is 1. The third-order valence-electron chi connectivity index (χ3n) is 2.38. The van der Waals surface area contributed by atoms with E-state index < -0.39 is 0 Å². The Morgan fingerprint density at radius 1 is 1.27 bits per heavy atom. The van der Waals surface area contributed by atoms with Crippen LogP contribution in [0.2, 0.25) is 0 Å². The number of nitrogens with one attached hydrogen (secondary N) is 3. The summed E-state index contributed by atoms with van der Waals surface area (Å²) in [5, 5.41) is 13.7. The molecule has 0 spiro atoms. The molecule has 0 atom stereocenters. The highest BCUT2D eigenvalue weighted by molar-refractivity contribution is 5.13. The topological polar surface area (TPSA) is 52.7 Å². The Labute approximate surface area is 91.8 Å². The third-order valence-corrected chi connectivity index (χ3v) is 2.38. The molecular weight excluding hydrogens is 188 g/mol. The Kier molecular flexibility index (Phi) is 6.04. The van der Waals surface area contributed by atoms with Crippen molar-refractivity contribution >= 4 is 0 Å². The normalized spacial score (nSPS) is 10.8. The molecule has 1 aromatic heterocycles. The number of hydrogen-bond donors (Lipinski definition) is 3. The van der Waals surface area contributed by atoms with E-state index in [-0.39, 0.29) is 0 Å². The average Bonchev–Trinajstić information content (AvgIpc) is 2.63. The van der Waals surface area contributed by atoms with E-state index >= 15 is 0 Å². The molecule has 1 rings (SSSR count). The van der Waals surface area contributed by atoms with E-state index in [1.54, 1.807) is 0 Å². The largest absolute Gasteiger partial charge is 0.317 e. The number of rotatable bonds is 8. The summed E-state index contributed by atoms with van der Waals surface area (Å²) in [4.78, 5) is 0. The second-order valence-electron chi connectivity index (χ2n) is 3.80. The lowest BCUT2D eigenvalue weighted by Gasteiger charge is -2.04. The quantitative estimate of drug-likeness (QED) is 0.565.